The van der Waals surface area contributed by atoms with Gasteiger partial charge in [0.1, 0.15) is 6.61 Å². The molecule has 0 saturated carbocycles. The van der Waals surface area contributed by atoms with Crippen LogP contribution in [-0.2, 0) is 31.2 Å². The van der Waals surface area contributed by atoms with Gasteiger partial charge in [-0.05, 0) is 61.8 Å². The standard InChI is InChI=1S/C31H37BrFN3O6Si/c1-19-28(43(2,3)33)26(16-27(38)34-12-4-5-23(34)18-37)42-31(19)24-15-21(32)8-11-25(24)36(29(31)39)17-20-6-9-22(10-7-20)35-13-14-41-30(35)40/h6-11,15,19,23,26,28,37H,4-5,12-14,16-18H2,1-3H3/t19-,23-,26+,28-,31+/m0/s1. The van der Waals surface area contributed by atoms with E-state index in [-0.39, 0.29) is 43.5 Å². The number of cyclic esters (lactones) is 1. The Morgan fingerprint density at radius 3 is 2.56 bits per heavy atom. The number of rotatable bonds is 7. The molecule has 0 radical (unpaired) electrons. The van der Waals surface area contributed by atoms with Crippen molar-refractivity contribution in [2.75, 3.05) is 36.1 Å². The van der Waals surface area contributed by atoms with Crippen molar-refractivity contribution >= 4 is 53.6 Å². The Morgan fingerprint density at radius 2 is 1.91 bits per heavy atom. The third kappa shape index (κ3) is 5.09. The summed E-state index contributed by atoms with van der Waals surface area (Å²) in [6.07, 6.45) is 0.357. The summed E-state index contributed by atoms with van der Waals surface area (Å²) in [7, 11) is -3.43. The molecule has 4 aliphatic heterocycles. The van der Waals surface area contributed by atoms with Crippen molar-refractivity contribution in [1.29, 1.82) is 0 Å². The summed E-state index contributed by atoms with van der Waals surface area (Å²) in [5, 5.41) is 9.78. The quantitative estimate of drug-likeness (QED) is 0.324. The zero-order valence-electron chi connectivity index (χ0n) is 24.6. The molecule has 0 aliphatic carbocycles. The van der Waals surface area contributed by atoms with E-state index in [1.165, 1.54) is 0 Å². The fraction of sp³-hybridized carbons (Fsp3) is 0.516. The van der Waals surface area contributed by atoms with Crippen LogP contribution in [-0.4, -0.2) is 74.8 Å². The fourth-order valence-electron chi connectivity index (χ4n) is 7.61. The van der Waals surface area contributed by atoms with Crippen LogP contribution < -0.4 is 9.80 Å². The SMILES string of the molecule is C[C@H]1[C@H]([Si](C)(C)F)[C@@H](CC(=O)N2CCC[C@H]2CO)O[C@]12C(=O)N(Cc1ccc(N3CCOC3=O)cc1)c1ccc(Br)cc12. The Balaban J connectivity index is 1.32. The molecule has 0 aromatic heterocycles. The van der Waals surface area contributed by atoms with Crippen molar-refractivity contribution in [2.24, 2.45) is 5.92 Å². The first kappa shape index (κ1) is 30.2. The Kier molecular flexibility index (Phi) is 7.93. The van der Waals surface area contributed by atoms with Gasteiger partial charge in [0, 0.05) is 33.7 Å². The molecule has 1 N–H and O–H groups in total. The minimum atomic E-state index is -3.43. The van der Waals surface area contributed by atoms with Gasteiger partial charge in [-0.25, -0.2) is 4.79 Å². The molecule has 6 rings (SSSR count). The number of benzene rings is 2. The first-order valence-corrected chi connectivity index (χ1v) is 18.6. The lowest BCUT2D eigenvalue weighted by Crippen LogP contribution is -2.45. The van der Waals surface area contributed by atoms with Crippen LogP contribution in [0.5, 0.6) is 0 Å². The number of aliphatic hydroxyl groups is 1. The fourth-order valence-corrected chi connectivity index (χ4v) is 10.5. The number of ether oxygens (including phenoxy) is 2. The third-order valence-corrected chi connectivity index (χ3v) is 12.5. The normalized spacial score (nSPS) is 28.7. The number of hydrogen-bond donors (Lipinski definition) is 1. The second-order valence-electron chi connectivity index (χ2n) is 12.5. The van der Waals surface area contributed by atoms with Crippen LogP contribution in [0.2, 0.25) is 18.6 Å². The Hall–Kier alpha value is -2.80. The molecule has 2 aromatic carbocycles. The van der Waals surface area contributed by atoms with Crippen LogP contribution in [0.1, 0.15) is 37.3 Å². The number of aliphatic hydroxyl groups excluding tert-OH is 1. The Labute approximate surface area is 260 Å². The lowest BCUT2D eigenvalue weighted by atomic mass is 9.82. The van der Waals surface area contributed by atoms with Crippen molar-refractivity contribution in [3.63, 3.8) is 0 Å². The molecular formula is C31H37BrFN3O6Si. The van der Waals surface area contributed by atoms with E-state index >= 15 is 4.11 Å². The first-order chi connectivity index (χ1) is 20.5. The van der Waals surface area contributed by atoms with Crippen molar-refractivity contribution in [3.05, 3.63) is 58.1 Å². The van der Waals surface area contributed by atoms with E-state index < -0.39 is 31.6 Å². The Morgan fingerprint density at radius 1 is 1.16 bits per heavy atom. The Bertz CT molecular complexity index is 1440. The predicted molar refractivity (Wildman–Crippen MR) is 165 cm³/mol. The van der Waals surface area contributed by atoms with Crippen LogP contribution >= 0.6 is 15.9 Å². The van der Waals surface area contributed by atoms with Crippen LogP contribution in [0.3, 0.4) is 0 Å². The van der Waals surface area contributed by atoms with Crippen LogP contribution in [0.15, 0.2) is 46.9 Å². The van der Waals surface area contributed by atoms with E-state index in [9.17, 15) is 19.5 Å². The van der Waals surface area contributed by atoms with E-state index in [1.54, 1.807) is 27.8 Å². The highest BCUT2D eigenvalue weighted by Gasteiger charge is 2.67. The molecule has 2 aromatic rings. The zero-order chi connectivity index (χ0) is 30.7. The summed E-state index contributed by atoms with van der Waals surface area (Å²) in [5.41, 5.74) is 0.904. The minimum absolute atomic E-state index is 0.0371. The highest BCUT2D eigenvalue weighted by atomic mass is 79.9. The molecule has 5 atom stereocenters. The zero-order valence-corrected chi connectivity index (χ0v) is 27.2. The van der Waals surface area contributed by atoms with E-state index in [4.69, 9.17) is 9.47 Å². The second-order valence-corrected chi connectivity index (χ2v) is 17.2. The van der Waals surface area contributed by atoms with Gasteiger partial charge in [0.15, 0.2) is 5.60 Å². The smallest absolute Gasteiger partial charge is 0.414 e. The second kappa shape index (κ2) is 11.3. The number of carbonyl (C=O) groups is 3. The van der Waals surface area contributed by atoms with Gasteiger partial charge in [-0.3, -0.25) is 14.5 Å². The van der Waals surface area contributed by atoms with E-state index in [0.717, 1.165) is 28.6 Å². The summed E-state index contributed by atoms with van der Waals surface area (Å²) in [5.74, 6) is -0.959. The molecule has 3 saturated heterocycles. The predicted octanol–water partition coefficient (Wildman–Crippen LogP) is 5.10. The molecular weight excluding hydrogens is 637 g/mol. The number of hydrogen-bond acceptors (Lipinski definition) is 6. The molecule has 0 unspecified atom stereocenters. The largest absolute Gasteiger partial charge is 0.447 e. The molecule has 4 heterocycles. The van der Waals surface area contributed by atoms with Crippen molar-refractivity contribution in [1.82, 2.24) is 4.90 Å². The van der Waals surface area contributed by atoms with Gasteiger partial charge in [0.05, 0.1) is 44.0 Å². The maximum Gasteiger partial charge on any atom is 0.414 e. The van der Waals surface area contributed by atoms with Crippen molar-refractivity contribution < 1.29 is 33.1 Å². The number of carbonyl (C=O) groups excluding carboxylic acids is 3. The summed E-state index contributed by atoms with van der Waals surface area (Å²) in [6, 6.07) is 12.8. The topological polar surface area (TPSA) is 99.6 Å². The van der Waals surface area contributed by atoms with Gasteiger partial charge in [0.25, 0.3) is 5.91 Å². The van der Waals surface area contributed by atoms with E-state index in [1.807, 2.05) is 49.4 Å². The van der Waals surface area contributed by atoms with Crippen LogP contribution in [0, 0.1) is 5.92 Å². The van der Waals surface area contributed by atoms with Gasteiger partial charge >= 0.3 is 6.09 Å². The van der Waals surface area contributed by atoms with Gasteiger partial charge in [-0.15, -0.1) is 0 Å². The number of amides is 3. The summed E-state index contributed by atoms with van der Waals surface area (Å²) < 4.78 is 28.7. The number of anilines is 2. The van der Waals surface area contributed by atoms with Gasteiger partial charge in [0.2, 0.25) is 14.3 Å². The molecule has 3 fully saturated rings. The van der Waals surface area contributed by atoms with Gasteiger partial charge in [-0.2, -0.15) is 0 Å². The van der Waals surface area contributed by atoms with Gasteiger partial charge < -0.3 is 28.5 Å². The molecule has 9 nitrogen and oxygen atoms in total. The summed E-state index contributed by atoms with van der Waals surface area (Å²) >= 11 is 3.56. The third-order valence-electron chi connectivity index (χ3n) is 9.56. The van der Waals surface area contributed by atoms with Crippen LogP contribution in [0.25, 0.3) is 0 Å². The maximum absolute atomic E-state index is 16.1. The molecule has 43 heavy (non-hydrogen) atoms. The molecule has 1 spiro atoms. The highest BCUT2D eigenvalue weighted by molar-refractivity contribution is 9.10. The summed E-state index contributed by atoms with van der Waals surface area (Å²) in [6.45, 7) is 6.66. The molecule has 12 heteroatoms. The summed E-state index contributed by atoms with van der Waals surface area (Å²) in [4.78, 5) is 45.0. The molecule has 230 valence electrons. The average Bonchev–Trinajstić information content (AvgIpc) is 3.72. The minimum Gasteiger partial charge on any atom is -0.447 e. The molecule has 4 aliphatic rings. The number of likely N-dealkylation sites (tertiary alicyclic amines) is 1. The lowest BCUT2D eigenvalue weighted by Gasteiger charge is -2.31. The van der Waals surface area contributed by atoms with Crippen molar-refractivity contribution in [2.45, 2.75) is 69.1 Å². The highest BCUT2D eigenvalue weighted by Crippen LogP contribution is 2.60. The molecule has 0 bridgehead atoms. The number of nitrogens with zero attached hydrogens (tertiary/aromatic N) is 3. The van der Waals surface area contributed by atoms with E-state index in [0.29, 0.717) is 30.9 Å². The maximum atomic E-state index is 16.1. The number of fused-ring (bicyclic) bond motifs is 2. The lowest BCUT2D eigenvalue weighted by molar-refractivity contribution is -0.150. The number of halogens is 2. The molecule has 3 amide bonds. The monoisotopic (exact) mass is 673 g/mol. The first-order valence-electron chi connectivity index (χ1n) is 14.9. The van der Waals surface area contributed by atoms with Crippen LogP contribution in [0.4, 0.5) is 20.3 Å². The average molecular weight is 675 g/mol. The van der Waals surface area contributed by atoms with E-state index in [2.05, 4.69) is 15.9 Å². The van der Waals surface area contributed by atoms with Crippen molar-refractivity contribution in [3.8, 4) is 0 Å². The van der Waals surface area contributed by atoms with Gasteiger partial charge in [-0.1, -0.05) is 35.0 Å².